The number of nitrogens with zero attached hydrogens (tertiary/aromatic N) is 2. The van der Waals surface area contributed by atoms with Crippen molar-refractivity contribution in [3.05, 3.63) is 70.3 Å². The highest BCUT2D eigenvalue weighted by atomic mass is 16.6. The van der Waals surface area contributed by atoms with Crippen LogP contribution in [0.25, 0.3) is 0 Å². The lowest BCUT2D eigenvalue weighted by molar-refractivity contribution is -0.384. The third-order valence-electron chi connectivity index (χ3n) is 2.99. The minimum Gasteiger partial charge on any atom is -0.278 e. The monoisotopic (exact) mass is 283 g/mol. The highest BCUT2D eigenvalue weighted by molar-refractivity contribution is 6.00. The van der Waals surface area contributed by atoms with Gasteiger partial charge in [-0.3, -0.25) is 15.5 Å². The van der Waals surface area contributed by atoms with E-state index >= 15 is 0 Å². The Kier molecular flexibility index (Phi) is 5.04. The Morgan fingerprint density at radius 2 is 1.81 bits per heavy atom. The Morgan fingerprint density at radius 1 is 1.14 bits per heavy atom. The maximum Gasteiger partial charge on any atom is 0.269 e. The summed E-state index contributed by atoms with van der Waals surface area (Å²) in [4.78, 5) is 10.2. The highest BCUT2D eigenvalue weighted by Crippen LogP contribution is 2.16. The van der Waals surface area contributed by atoms with Gasteiger partial charge in [-0.1, -0.05) is 43.7 Å². The smallest absolute Gasteiger partial charge is 0.269 e. The van der Waals surface area contributed by atoms with Crippen LogP contribution in [-0.4, -0.2) is 10.6 Å². The number of hydrazone groups is 1. The highest BCUT2D eigenvalue weighted by Gasteiger charge is 2.04. The van der Waals surface area contributed by atoms with Crippen LogP contribution in [-0.2, 0) is 0 Å². The van der Waals surface area contributed by atoms with Gasteiger partial charge in [-0.2, -0.15) is 5.10 Å². The van der Waals surface area contributed by atoms with Crippen LogP contribution in [0.15, 0.2) is 59.7 Å². The SMILES string of the molecule is CCCC(=NNc1ccc([N+](=O)[O-])cc1)c1ccccc1. The van der Waals surface area contributed by atoms with Gasteiger partial charge in [0.2, 0.25) is 0 Å². The molecule has 5 nitrogen and oxygen atoms in total. The molecule has 0 fully saturated rings. The van der Waals surface area contributed by atoms with E-state index in [9.17, 15) is 10.1 Å². The molecular formula is C16H17N3O2. The van der Waals surface area contributed by atoms with Gasteiger partial charge in [0.25, 0.3) is 5.69 Å². The molecule has 2 aromatic rings. The summed E-state index contributed by atoms with van der Waals surface area (Å²) in [5.41, 5.74) is 5.80. The molecule has 0 spiro atoms. The zero-order chi connectivity index (χ0) is 15.1. The maximum atomic E-state index is 10.6. The van der Waals surface area contributed by atoms with E-state index in [2.05, 4.69) is 17.5 Å². The summed E-state index contributed by atoms with van der Waals surface area (Å²) in [7, 11) is 0. The number of anilines is 1. The lowest BCUT2D eigenvalue weighted by Gasteiger charge is -2.07. The molecule has 21 heavy (non-hydrogen) atoms. The van der Waals surface area contributed by atoms with Gasteiger partial charge in [0.15, 0.2) is 0 Å². The minimum absolute atomic E-state index is 0.0707. The van der Waals surface area contributed by atoms with Crippen LogP contribution >= 0.6 is 0 Å². The Bertz CT molecular complexity index is 622. The molecule has 0 saturated heterocycles. The second-order valence-corrected chi connectivity index (χ2v) is 4.59. The van der Waals surface area contributed by atoms with E-state index in [1.165, 1.54) is 12.1 Å². The molecule has 2 rings (SSSR count). The van der Waals surface area contributed by atoms with E-state index in [4.69, 9.17) is 0 Å². The number of hydrogen-bond donors (Lipinski definition) is 1. The van der Waals surface area contributed by atoms with E-state index in [1.54, 1.807) is 12.1 Å². The van der Waals surface area contributed by atoms with Gasteiger partial charge in [-0.25, -0.2) is 0 Å². The quantitative estimate of drug-likeness (QED) is 0.490. The molecule has 0 aliphatic rings. The van der Waals surface area contributed by atoms with E-state index in [-0.39, 0.29) is 5.69 Å². The van der Waals surface area contributed by atoms with Crippen LogP contribution in [0, 0.1) is 10.1 Å². The third-order valence-corrected chi connectivity index (χ3v) is 2.99. The number of nitrogens with one attached hydrogen (secondary N) is 1. The topological polar surface area (TPSA) is 67.5 Å². The average Bonchev–Trinajstić information content (AvgIpc) is 2.52. The zero-order valence-corrected chi connectivity index (χ0v) is 11.8. The summed E-state index contributed by atoms with van der Waals surface area (Å²) >= 11 is 0. The second-order valence-electron chi connectivity index (χ2n) is 4.59. The standard InChI is InChI=1S/C16H17N3O2/c1-2-6-16(13-7-4-3-5-8-13)18-17-14-9-11-15(12-10-14)19(20)21/h3-5,7-12,17H,2,6H2,1H3. The lowest BCUT2D eigenvalue weighted by Crippen LogP contribution is -2.04. The number of nitro groups is 1. The summed E-state index contributed by atoms with van der Waals surface area (Å²) in [5, 5.41) is 15.0. The lowest BCUT2D eigenvalue weighted by atomic mass is 10.1. The van der Waals surface area contributed by atoms with Gasteiger partial charge < -0.3 is 0 Å². The summed E-state index contributed by atoms with van der Waals surface area (Å²) in [6, 6.07) is 16.2. The predicted octanol–water partition coefficient (Wildman–Crippen LogP) is 4.21. The molecule has 0 aromatic heterocycles. The summed E-state index contributed by atoms with van der Waals surface area (Å²) < 4.78 is 0. The molecule has 0 aliphatic heterocycles. The molecule has 0 saturated carbocycles. The van der Waals surface area contributed by atoms with Gasteiger partial charge in [0.05, 0.1) is 16.3 Å². The number of nitro benzene ring substituents is 1. The number of rotatable bonds is 6. The molecule has 0 aliphatic carbocycles. The van der Waals surface area contributed by atoms with Crippen LogP contribution in [0.2, 0.25) is 0 Å². The van der Waals surface area contributed by atoms with E-state index < -0.39 is 4.92 Å². The fourth-order valence-corrected chi connectivity index (χ4v) is 1.92. The predicted molar refractivity (Wildman–Crippen MR) is 84.6 cm³/mol. The first-order chi connectivity index (χ1) is 10.2. The molecule has 0 unspecified atom stereocenters. The second kappa shape index (κ2) is 7.19. The Morgan fingerprint density at radius 3 is 2.38 bits per heavy atom. The van der Waals surface area contributed by atoms with Gasteiger partial charge in [-0.15, -0.1) is 0 Å². The summed E-state index contributed by atoms with van der Waals surface area (Å²) in [6.07, 6.45) is 1.86. The number of non-ortho nitro benzene ring substituents is 1. The minimum atomic E-state index is -0.417. The van der Waals surface area contributed by atoms with Crippen molar-refractivity contribution in [2.24, 2.45) is 5.10 Å². The van der Waals surface area contributed by atoms with Crippen LogP contribution in [0.1, 0.15) is 25.3 Å². The molecule has 0 atom stereocenters. The molecule has 1 N–H and O–H groups in total. The average molecular weight is 283 g/mol. The van der Waals surface area contributed by atoms with Crippen LogP contribution < -0.4 is 5.43 Å². The first kappa shape index (κ1) is 14.7. The third kappa shape index (κ3) is 4.14. The van der Waals surface area contributed by atoms with Crippen molar-refractivity contribution in [2.75, 3.05) is 5.43 Å². The first-order valence-electron chi connectivity index (χ1n) is 6.83. The fourth-order valence-electron chi connectivity index (χ4n) is 1.92. The molecular weight excluding hydrogens is 266 g/mol. The van der Waals surface area contributed by atoms with E-state index in [1.807, 2.05) is 30.3 Å². The number of hydrogen-bond acceptors (Lipinski definition) is 4. The molecule has 2 aromatic carbocycles. The Balaban J connectivity index is 2.14. The van der Waals surface area contributed by atoms with Crippen LogP contribution in [0.4, 0.5) is 11.4 Å². The van der Waals surface area contributed by atoms with E-state index in [0.717, 1.165) is 29.8 Å². The van der Waals surface area contributed by atoms with Crippen molar-refractivity contribution >= 4 is 17.1 Å². The van der Waals surface area contributed by atoms with Crippen LogP contribution in [0.5, 0.6) is 0 Å². The molecule has 0 amide bonds. The maximum absolute atomic E-state index is 10.6. The summed E-state index contributed by atoms with van der Waals surface area (Å²) in [6.45, 7) is 2.10. The summed E-state index contributed by atoms with van der Waals surface area (Å²) in [5.74, 6) is 0. The normalized spacial score (nSPS) is 11.2. The molecule has 108 valence electrons. The molecule has 5 heteroatoms. The van der Waals surface area contributed by atoms with Gasteiger partial charge in [0, 0.05) is 12.1 Å². The molecule has 0 bridgehead atoms. The van der Waals surface area contributed by atoms with Gasteiger partial charge >= 0.3 is 0 Å². The molecule has 0 radical (unpaired) electrons. The first-order valence-corrected chi connectivity index (χ1v) is 6.83. The van der Waals surface area contributed by atoms with Crippen molar-refractivity contribution in [3.8, 4) is 0 Å². The van der Waals surface area contributed by atoms with Crippen molar-refractivity contribution in [3.63, 3.8) is 0 Å². The molecule has 0 heterocycles. The van der Waals surface area contributed by atoms with E-state index in [0.29, 0.717) is 0 Å². The fraction of sp³-hybridized carbons (Fsp3) is 0.188. The van der Waals surface area contributed by atoms with Crippen LogP contribution in [0.3, 0.4) is 0 Å². The largest absolute Gasteiger partial charge is 0.278 e. The van der Waals surface area contributed by atoms with Crippen molar-refractivity contribution in [1.29, 1.82) is 0 Å². The van der Waals surface area contributed by atoms with Crippen molar-refractivity contribution < 1.29 is 4.92 Å². The van der Waals surface area contributed by atoms with Crippen molar-refractivity contribution in [1.82, 2.24) is 0 Å². The Labute approximate surface area is 123 Å². The van der Waals surface area contributed by atoms with Gasteiger partial charge in [-0.05, 0) is 24.1 Å². The van der Waals surface area contributed by atoms with Gasteiger partial charge in [0.1, 0.15) is 0 Å². The number of benzene rings is 2. The zero-order valence-electron chi connectivity index (χ0n) is 11.8. The van der Waals surface area contributed by atoms with Crippen molar-refractivity contribution in [2.45, 2.75) is 19.8 Å². The Hall–Kier alpha value is -2.69.